The van der Waals surface area contributed by atoms with E-state index in [9.17, 15) is 18.9 Å². The topological polar surface area (TPSA) is 117 Å². The van der Waals surface area contributed by atoms with Crippen molar-refractivity contribution in [3.8, 4) is 0 Å². The summed E-state index contributed by atoms with van der Waals surface area (Å²) in [4.78, 5) is 19.8. The molecular formula is CCuO8P2. The Balaban J connectivity index is 0.000000720. The van der Waals surface area contributed by atoms with Crippen LogP contribution in [-0.2, 0) is 44.3 Å². The zero-order valence-electron chi connectivity index (χ0n) is 4.96. The Bertz CT molecular complexity index is 265. The van der Waals surface area contributed by atoms with Gasteiger partial charge in [-0.25, -0.2) is 18.1 Å². The van der Waals surface area contributed by atoms with Crippen molar-refractivity contribution in [1.29, 1.82) is 0 Å². The summed E-state index contributed by atoms with van der Waals surface area (Å²) in [6.45, 7) is 0. The van der Waals surface area contributed by atoms with Crippen LogP contribution in [-0.4, -0.2) is 6.16 Å². The summed E-state index contributed by atoms with van der Waals surface area (Å²) in [7, 11) is -8.74. The fourth-order valence-corrected chi connectivity index (χ4v) is 2.15. The molecule has 73 valence electrons. The third-order valence-electron chi connectivity index (χ3n) is 0.894. The molecule has 2 bridgehead atoms. The first-order valence-electron chi connectivity index (χ1n) is 2.28. The third kappa shape index (κ3) is 1.66. The maximum absolute atomic E-state index is 10.4. The van der Waals surface area contributed by atoms with E-state index in [1.807, 2.05) is 0 Å². The van der Waals surface area contributed by atoms with Crippen molar-refractivity contribution in [2.45, 2.75) is 6.16 Å². The second-order valence-corrected chi connectivity index (χ2v) is 4.28. The minimum atomic E-state index is -5.24. The average molecular weight is 265 g/mol. The number of hydrogen-bond donors (Lipinski definition) is 0. The van der Waals surface area contributed by atoms with Crippen LogP contribution in [0.3, 0.4) is 0 Å². The summed E-state index contributed by atoms with van der Waals surface area (Å²) < 4.78 is 36.2. The summed E-state index contributed by atoms with van der Waals surface area (Å²) in [6, 6.07) is 0. The Kier molecular flexibility index (Phi) is 2.36. The summed E-state index contributed by atoms with van der Waals surface area (Å²) in [5.74, 6) is 0. The third-order valence-corrected chi connectivity index (χ3v) is 2.68. The van der Waals surface area contributed by atoms with Crippen molar-refractivity contribution in [1.82, 2.24) is 0 Å². The molecule has 1 radical (unpaired) electrons. The van der Waals surface area contributed by atoms with E-state index in [1.165, 1.54) is 0 Å². The second-order valence-electron chi connectivity index (χ2n) is 1.76. The first-order chi connectivity index (χ1) is 4.83. The van der Waals surface area contributed by atoms with Crippen molar-refractivity contribution < 1.29 is 54.1 Å². The van der Waals surface area contributed by atoms with Gasteiger partial charge in [-0.1, -0.05) is 0 Å². The Morgan fingerprint density at radius 3 is 2.00 bits per heavy atom. The smallest absolute Gasteiger partial charge is 0.790 e. The summed E-state index contributed by atoms with van der Waals surface area (Å²) in [5.41, 5.74) is 0. The van der Waals surface area contributed by atoms with Gasteiger partial charge in [0.1, 0.15) is 0 Å². The van der Waals surface area contributed by atoms with Gasteiger partial charge in [-0.2, -0.15) is 0 Å². The van der Waals surface area contributed by atoms with Gasteiger partial charge in [0.2, 0.25) is 0 Å². The quantitative estimate of drug-likeness (QED) is 0.443. The summed E-state index contributed by atoms with van der Waals surface area (Å²) in [6.07, 6.45) is -2.34. The van der Waals surface area contributed by atoms with Gasteiger partial charge in [0, 0.05) is 0 Å². The molecule has 0 spiro atoms. The van der Waals surface area contributed by atoms with Crippen LogP contribution in [0.5, 0.6) is 0 Å². The van der Waals surface area contributed by atoms with E-state index >= 15 is 0 Å². The molecule has 0 atom stereocenters. The van der Waals surface area contributed by atoms with E-state index in [2.05, 4.69) is 18.1 Å². The van der Waals surface area contributed by atoms with Crippen molar-refractivity contribution in [2.75, 3.05) is 0 Å². The first kappa shape index (κ1) is 10.8. The van der Waals surface area contributed by atoms with Crippen LogP contribution < -0.4 is 9.79 Å². The Hall–Kier alpha value is 0.739. The molecular weight excluding hydrogens is 265 g/mol. The van der Waals surface area contributed by atoms with E-state index in [0.29, 0.717) is 0 Å². The van der Waals surface area contributed by atoms with Gasteiger partial charge in [-0.05, 0) is 0 Å². The van der Waals surface area contributed by atoms with Crippen molar-refractivity contribution in [3.05, 3.63) is 0 Å². The molecule has 0 aromatic carbocycles. The molecule has 12 heavy (non-hydrogen) atoms. The number of rotatable bonds is 2. The largest absolute Gasteiger partial charge is 2.00 e. The number of phosphoric acid groups is 2. The maximum atomic E-state index is 10.4. The molecule has 3 aliphatic rings. The van der Waals surface area contributed by atoms with Gasteiger partial charge in [0.25, 0.3) is 0 Å². The molecule has 0 amide bonds. The SMILES string of the molecule is O=P([O-])([O-])OC12OP(=O)(O1)O2.[Cu+2]. The number of hydrogen-bond acceptors (Lipinski definition) is 8. The van der Waals surface area contributed by atoms with Gasteiger partial charge in [-0.15, -0.1) is 0 Å². The predicted molar refractivity (Wildman–Crippen MR) is 22.3 cm³/mol. The van der Waals surface area contributed by atoms with Crippen LogP contribution >= 0.6 is 15.6 Å². The van der Waals surface area contributed by atoms with Crippen molar-refractivity contribution in [2.24, 2.45) is 0 Å². The first-order valence-corrected chi connectivity index (χ1v) is 5.20. The second kappa shape index (κ2) is 2.62. The molecule has 3 saturated heterocycles. The molecule has 0 saturated carbocycles. The van der Waals surface area contributed by atoms with Crippen LogP contribution in [0, 0.1) is 0 Å². The standard InChI is InChI=1S/CH2O8P2.Cu/c2-10(3,4)6-1-7-11(5,8-1)9-1;/h(H2,2,3,4);/q;+2/p-2. The summed E-state index contributed by atoms with van der Waals surface area (Å²) in [5, 5.41) is 0. The molecule has 3 heterocycles. The number of phosphoric ester groups is 2. The molecule has 0 N–H and O–H groups in total. The Morgan fingerprint density at radius 2 is 1.75 bits per heavy atom. The van der Waals surface area contributed by atoms with E-state index in [0.717, 1.165) is 0 Å². The minimum Gasteiger partial charge on any atom is -0.790 e. The molecule has 0 aromatic rings. The van der Waals surface area contributed by atoms with Crippen molar-refractivity contribution >= 4 is 15.6 Å². The molecule has 0 aromatic heterocycles. The van der Waals surface area contributed by atoms with Gasteiger partial charge < -0.3 is 14.4 Å². The van der Waals surface area contributed by atoms with E-state index in [-0.39, 0.29) is 17.1 Å². The fourth-order valence-electron chi connectivity index (χ4n) is 0.618. The van der Waals surface area contributed by atoms with Crippen LogP contribution in [0.2, 0.25) is 0 Å². The normalized spacial score (nSPS) is 43.8. The van der Waals surface area contributed by atoms with Gasteiger partial charge >= 0.3 is 31.1 Å². The van der Waals surface area contributed by atoms with Crippen LogP contribution in [0.15, 0.2) is 0 Å². The van der Waals surface area contributed by atoms with E-state index in [1.54, 1.807) is 0 Å². The zero-order chi connectivity index (χ0) is 8.33. The molecule has 0 unspecified atom stereocenters. The van der Waals surface area contributed by atoms with Crippen molar-refractivity contribution in [3.63, 3.8) is 0 Å². The van der Waals surface area contributed by atoms with Crippen LogP contribution in [0.4, 0.5) is 0 Å². The molecule has 3 rings (SSSR count). The Morgan fingerprint density at radius 1 is 1.33 bits per heavy atom. The zero-order valence-corrected chi connectivity index (χ0v) is 7.69. The van der Waals surface area contributed by atoms with Gasteiger partial charge in [0.05, 0.1) is 7.82 Å². The average Bonchev–Trinajstić information content (AvgIpc) is 1.53. The molecule has 0 aliphatic carbocycles. The van der Waals surface area contributed by atoms with Gasteiger partial charge in [0.15, 0.2) is 0 Å². The van der Waals surface area contributed by atoms with Crippen LogP contribution in [0.1, 0.15) is 0 Å². The molecule has 8 nitrogen and oxygen atoms in total. The molecule has 3 fully saturated rings. The predicted octanol–water partition coefficient (Wildman–Crippen LogP) is -1.37. The maximum Gasteiger partial charge on any atom is 2.00 e. The van der Waals surface area contributed by atoms with Gasteiger partial charge in [-0.3, -0.25) is 4.52 Å². The molecule has 11 heteroatoms. The monoisotopic (exact) mass is 265 g/mol. The minimum absolute atomic E-state index is 0. The van der Waals surface area contributed by atoms with E-state index < -0.39 is 21.8 Å². The van der Waals surface area contributed by atoms with E-state index in [4.69, 9.17) is 0 Å². The van der Waals surface area contributed by atoms with Crippen LogP contribution in [0.25, 0.3) is 0 Å². The fraction of sp³-hybridized carbons (Fsp3) is 1.00. The summed E-state index contributed by atoms with van der Waals surface area (Å²) >= 11 is 0. The Labute approximate surface area is 76.5 Å². The molecule has 3 aliphatic heterocycles.